The summed E-state index contributed by atoms with van der Waals surface area (Å²) >= 11 is 1.88. The fourth-order valence-corrected chi connectivity index (χ4v) is 12.4. The van der Waals surface area contributed by atoms with Crippen LogP contribution < -0.4 is 14.2 Å². The summed E-state index contributed by atoms with van der Waals surface area (Å²) < 4.78 is 26.5. The van der Waals surface area contributed by atoms with Gasteiger partial charge in [-0.15, -0.1) is 6.58 Å². The molecule has 3 aliphatic rings. The monoisotopic (exact) mass is 997 g/mol. The molecule has 13 heteroatoms. The largest absolute Gasteiger partial charge is 0.496 e. The van der Waals surface area contributed by atoms with Crippen LogP contribution in [0.2, 0.25) is 0 Å². The Hall–Kier alpha value is -4.69. The number of nitro groups is 1. The highest BCUT2D eigenvalue weighted by molar-refractivity contribution is 8.00. The van der Waals surface area contributed by atoms with E-state index >= 15 is 0 Å². The number of unbranched alkanes of at least 4 members (excludes halogenated alkanes) is 15. The number of allylic oxidation sites excluding steroid dienone is 1. The van der Waals surface area contributed by atoms with Crippen LogP contribution in [0.4, 0.5) is 5.69 Å². The lowest BCUT2D eigenvalue weighted by Gasteiger charge is -2.58. The number of nitrogens with zero attached hydrogens (tertiary/aromatic N) is 2. The number of oxime groups is 1. The number of aldehydes is 1. The van der Waals surface area contributed by atoms with Gasteiger partial charge < -0.3 is 34.0 Å². The first-order chi connectivity index (χ1) is 34.8. The zero-order chi connectivity index (χ0) is 50.3. The van der Waals surface area contributed by atoms with Crippen LogP contribution in [0.15, 0.2) is 90.1 Å². The number of benzene rings is 3. The Morgan fingerprint density at radius 3 is 2.13 bits per heavy atom. The zero-order valence-corrected chi connectivity index (χ0v) is 43.3. The van der Waals surface area contributed by atoms with Gasteiger partial charge in [0.2, 0.25) is 5.79 Å². The first-order valence-electron chi connectivity index (χ1n) is 26.7. The van der Waals surface area contributed by atoms with Gasteiger partial charge in [-0.05, 0) is 109 Å². The van der Waals surface area contributed by atoms with Crippen molar-refractivity contribution in [1.82, 2.24) is 0 Å². The number of nitro benzene ring substituents is 1. The van der Waals surface area contributed by atoms with Gasteiger partial charge in [-0.3, -0.25) is 14.9 Å². The molecule has 2 N–H and O–H groups in total. The Morgan fingerprint density at radius 2 is 1.49 bits per heavy atom. The highest BCUT2D eigenvalue weighted by atomic mass is 32.2. The van der Waals surface area contributed by atoms with Gasteiger partial charge in [0.05, 0.1) is 41.1 Å². The lowest BCUT2D eigenvalue weighted by Crippen LogP contribution is -2.64. The summed E-state index contributed by atoms with van der Waals surface area (Å²) in [5.41, 5.74) is 4.01. The minimum Gasteiger partial charge on any atom is -0.496 e. The van der Waals surface area contributed by atoms with Gasteiger partial charge in [-0.25, -0.2) is 0 Å². The van der Waals surface area contributed by atoms with Crippen molar-refractivity contribution in [2.45, 2.75) is 165 Å². The van der Waals surface area contributed by atoms with E-state index in [9.17, 15) is 25.1 Å². The van der Waals surface area contributed by atoms with E-state index in [0.717, 1.165) is 78.7 Å². The smallest absolute Gasteiger partial charge is 0.269 e. The second-order valence-corrected chi connectivity index (χ2v) is 20.8. The van der Waals surface area contributed by atoms with Crippen molar-refractivity contribution in [3.63, 3.8) is 0 Å². The average molecular weight is 997 g/mol. The maximum absolute atomic E-state index is 12.0. The van der Waals surface area contributed by atoms with Crippen LogP contribution in [0.25, 0.3) is 0 Å². The normalized spacial score (nSPS) is 21.7. The van der Waals surface area contributed by atoms with Crippen molar-refractivity contribution < 1.29 is 43.7 Å². The molecule has 388 valence electrons. The van der Waals surface area contributed by atoms with Gasteiger partial charge in [-0.2, -0.15) is 11.8 Å². The van der Waals surface area contributed by atoms with Crippen molar-refractivity contribution in [3.05, 3.63) is 112 Å². The molecule has 0 saturated heterocycles. The van der Waals surface area contributed by atoms with Gasteiger partial charge in [0.25, 0.3) is 5.69 Å². The minimum absolute atomic E-state index is 0.0157. The predicted octanol–water partition coefficient (Wildman–Crippen LogP) is 14.3. The lowest BCUT2D eigenvalue weighted by atomic mass is 9.56. The number of non-ortho nitro benzene ring substituents is 1. The van der Waals surface area contributed by atoms with Crippen LogP contribution in [0, 0.1) is 27.9 Å². The third kappa shape index (κ3) is 15.4. The van der Waals surface area contributed by atoms with E-state index in [2.05, 4.69) is 25.6 Å². The van der Waals surface area contributed by atoms with Crippen molar-refractivity contribution in [2.75, 3.05) is 32.7 Å². The molecule has 3 aromatic carbocycles. The fourth-order valence-electron chi connectivity index (χ4n) is 11.0. The van der Waals surface area contributed by atoms with E-state index in [4.69, 9.17) is 28.9 Å². The highest BCUT2D eigenvalue weighted by Crippen LogP contribution is 2.63. The summed E-state index contributed by atoms with van der Waals surface area (Å²) in [5.74, 6) is 1.87. The molecule has 2 aliphatic carbocycles. The molecule has 0 radical (unpaired) electrons. The van der Waals surface area contributed by atoms with Crippen LogP contribution in [-0.2, 0) is 16.2 Å². The maximum Gasteiger partial charge on any atom is 0.269 e. The van der Waals surface area contributed by atoms with Crippen LogP contribution >= 0.6 is 11.8 Å². The molecule has 3 aromatic rings. The first kappa shape index (κ1) is 55.6. The average Bonchev–Trinajstić information content (AvgIpc) is 3.38. The molecule has 0 bridgehead atoms. The molecule has 0 spiro atoms. The third-order valence-corrected chi connectivity index (χ3v) is 16.0. The van der Waals surface area contributed by atoms with Gasteiger partial charge in [0.15, 0.2) is 6.29 Å². The number of hydrogen-bond acceptors (Lipinski definition) is 12. The van der Waals surface area contributed by atoms with Gasteiger partial charge in [-0.1, -0.05) is 121 Å². The molecule has 6 rings (SSSR count). The number of carbonyl (C=O) groups excluding carboxylic acids is 1. The number of hydrogen-bond donors (Lipinski definition) is 2. The number of carbonyl (C=O) groups is 1. The van der Waals surface area contributed by atoms with Crippen LogP contribution in [0.1, 0.15) is 169 Å². The van der Waals surface area contributed by atoms with E-state index in [-0.39, 0.29) is 61.0 Å². The van der Waals surface area contributed by atoms with Gasteiger partial charge >= 0.3 is 0 Å². The first-order valence-corrected chi connectivity index (χ1v) is 27.7. The van der Waals surface area contributed by atoms with Crippen LogP contribution in [0.5, 0.6) is 23.0 Å². The summed E-state index contributed by atoms with van der Waals surface area (Å²) in [6.07, 6.45) is 28.3. The van der Waals surface area contributed by atoms with Crippen molar-refractivity contribution >= 4 is 29.4 Å². The molecule has 1 fully saturated rings. The molecule has 12 nitrogen and oxygen atoms in total. The van der Waals surface area contributed by atoms with E-state index in [1.165, 1.54) is 96.3 Å². The summed E-state index contributed by atoms with van der Waals surface area (Å²) in [6.45, 7) is 6.98. The number of fused-ring (bicyclic) bond motifs is 2. The molecule has 1 aliphatic heterocycles. The standard InChI is InChI=1S/C58H80N2O10S/c1-4-6-7-8-9-10-11-12-13-14-15-16-17-22-36-71-55-40-52(59-68-42-43-25-27-46(28-26-43)60(64)65)50-38-44(23-18-20-33-61)49(24-19-21-34-62)56-51-39-48(69-47-29-31-53(66-3)45(37-47)41-63)30-32-54(51)70-58(55,57(50)56)67-35-5-2/h5,25-32,37-39,41,44,49,55-57,61-62H,2,4,6-24,33-36,40,42H2,1,3H3. The SMILES string of the molecule is C=CCOC12Oc3ccc(Oc4ccc(OC)c(C=O)c4)cc3C3C(CCCCO)C(CCCCO)C=C(C(=NOCc4ccc([N+](=O)[O-])cc4)CC1SCCCCCCCCCCCCCCCC)C32. The van der Waals surface area contributed by atoms with Crippen LogP contribution in [-0.4, -0.2) is 70.9 Å². The number of rotatable bonds is 35. The van der Waals surface area contributed by atoms with E-state index < -0.39 is 10.7 Å². The Kier molecular flexibility index (Phi) is 23.3. The van der Waals surface area contributed by atoms with Crippen molar-refractivity contribution in [2.24, 2.45) is 22.9 Å². The topological polar surface area (TPSA) is 159 Å². The Bertz CT molecular complexity index is 2180. The van der Waals surface area contributed by atoms with E-state index in [1.54, 1.807) is 36.4 Å². The second kappa shape index (κ2) is 29.7. The molecule has 71 heavy (non-hydrogen) atoms. The molecule has 6 atom stereocenters. The van der Waals surface area contributed by atoms with Crippen molar-refractivity contribution in [3.8, 4) is 23.0 Å². The number of aliphatic hydroxyl groups is 2. The van der Waals surface area contributed by atoms with Gasteiger partial charge in [0, 0.05) is 43.2 Å². The van der Waals surface area contributed by atoms with Crippen molar-refractivity contribution in [1.29, 1.82) is 0 Å². The zero-order valence-electron chi connectivity index (χ0n) is 42.4. The summed E-state index contributed by atoms with van der Waals surface area (Å²) in [6, 6.07) is 17.5. The summed E-state index contributed by atoms with van der Waals surface area (Å²) in [5, 5.41) is 36.2. The number of ether oxygens (including phenoxy) is 4. The lowest BCUT2D eigenvalue weighted by molar-refractivity contribution is -0.384. The quantitative estimate of drug-likeness (QED) is 0.0190. The Balaban J connectivity index is 1.33. The Morgan fingerprint density at radius 1 is 0.845 bits per heavy atom. The van der Waals surface area contributed by atoms with Crippen LogP contribution in [0.3, 0.4) is 0 Å². The predicted molar refractivity (Wildman–Crippen MR) is 284 cm³/mol. The third-order valence-electron chi connectivity index (χ3n) is 14.6. The summed E-state index contributed by atoms with van der Waals surface area (Å²) in [4.78, 5) is 29.2. The minimum atomic E-state index is -1.10. The molecule has 1 saturated carbocycles. The number of thioether (sulfide) groups is 1. The number of aliphatic hydroxyl groups excluding tert-OH is 2. The summed E-state index contributed by atoms with van der Waals surface area (Å²) in [7, 11) is 1.53. The Labute approximate surface area is 427 Å². The van der Waals surface area contributed by atoms with E-state index in [0.29, 0.717) is 42.1 Å². The molecule has 0 amide bonds. The molecular weight excluding hydrogens is 917 g/mol. The second-order valence-electron chi connectivity index (χ2n) is 19.5. The maximum atomic E-state index is 12.0. The molecule has 1 heterocycles. The number of methoxy groups -OCH3 is 1. The highest BCUT2D eigenvalue weighted by Gasteiger charge is 2.64. The van der Waals surface area contributed by atoms with E-state index in [1.807, 2.05) is 23.9 Å². The molecular formula is C58H80N2O10S. The molecule has 6 unspecified atom stereocenters. The fraction of sp³-hybridized carbons (Fsp3) is 0.586. The van der Waals surface area contributed by atoms with Gasteiger partial charge in [0.1, 0.15) is 29.6 Å². The molecule has 0 aromatic heterocycles.